The second kappa shape index (κ2) is 7.68. The van der Waals surface area contributed by atoms with Gasteiger partial charge >= 0.3 is 0 Å². The molecule has 3 aromatic rings. The summed E-state index contributed by atoms with van der Waals surface area (Å²) in [6, 6.07) is 7.78. The molecular formula is C20H17N5O4S. The zero-order valence-corrected chi connectivity index (χ0v) is 17.0. The second-order valence-electron chi connectivity index (χ2n) is 6.84. The molecule has 152 valence electrons. The highest BCUT2D eigenvalue weighted by Gasteiger charge is 2.37. The largest absolute Gasteiger partial charge is 0.442 e. The molecule has 4 rings (SSSR count). The van der Waals surface area contributed by atoms with Gasteiger partial charge in [-0.3, -0.25) is 14.4 Å². The molecule has 0 spiro atoms. The van der Waals surface area contributed by atoms with Crippen molar-refractivity contribution in [2.24, 2.45) is 7.05 Å². The van der Waals surface area contributed by atoms with Gasteiger partial charge in [-0.2, -0.15) is 5.26 Å². The van der Waals surface area contributed by atoms with Crippen molar-refractivity contribution in [2.45, 2.75) is 13.0 Å². The van der Waals surface area contributed by atoms with Crippen LogP contribution in [-0.2, 0) is 11.8 Å². The maximum Gasteiger partial charge on any atom is 0.265 e. The predicted molar refractivity (Wildman–Crippen MR) is 111 cm³/mol. The van der Waals surface area contributed by atoms with Gasteiger partial charge in [0.15, 0.2) is 0 Å². The van der Waals surface area contributed by atoms with Gasteiger partial charge in [0.2, 0.25) is 11.6 Å². The number of anilines is 1. The number of hydrogen-bond donors (Lipinski definition) is 1. The van der Waals surface area contributed by atoms with Gasteiger partial charge in [0, 0.05) is 18.5 Å². The van der Waals surface area contributed by atoms with E-state index in [0.29, 0.717) is 22.9 Å². The SMILES string of the molecule is Cc1oc2ncn(C)c(=O)c2c1C(=O)N1CSCC1C(=O)Nc1ccc(C#N)cc1. The number of nitrogens with one attached hydrogen (secondary N) is 1. The van der Waals surface area contributed by atoms with E-state index < -0.39 is 11.9 Å². The lowest BCUT2D eigenvalue weighted by Gasteiger charge is -2.23. The fourth-order valence-corrected chi connectivity index (χ4v) is 4.46. The number of amides is 2. The van der Waals surface area contributed by atoms with Crippen LogP contribution in [0.25, 0.3) is 11.1 Å². The third-order valence-electron chi connectivity index (χ3n) is 4.89. The van der Waals surface area contributed by atoms with Crippen molar-refractivity contribution in [3.05, 3.63) is 57.8 Å². The fraction of sp³-hybridized carbons (Fsp3) is 0.250. The fourth-order valence-electron chi connectivity index (χ4n) is 3.30. The number of rotatable bonds is 3. The molecule has 3 heterocycles. The van der Waals surface area contributed by atoms with E-state index in [-0.39, 0.29) is 33.9 Å². The van der Waals surface area contributed by atoms with Crippen molar-refractivity contribution >= 4 is 40.4 Å². The predicted octanol–water partition coefficient (Wildman–Crippen LogP) is 1.86. The summed E-state index contributed by atoms with van der Waals surface area (Å²) in [5.41, 5.74) is 0.873. The Balaban J connectivity index is 1.63. The van der Waals surface area contributed by atoms with E-state index in [1.54, 1.807) is 38.2 Å². The second-order valence-corrected chi connectivity index (χ2v) is 7.84. The van der Waals surface area contributed by atoms with Gasteiger partial charge in [0.05, 0.1) is 23.1 Å². The highest BCUT2D eigenvalue weighted by atomic mass is 32.2. The molecule has 1 aromatic carbocycles. The first kappa shape index (κ1) is 19.7. The number of thioether (sulfide) groups is 1. The van der Waals surface area contributed by atoms with E-state index in [0.717, 1.165) is 0 Å². The molecule has 0 bridgehead atoms. The van der Waals surface area contributed by atoms with Crippen LogP contribution in [0.3, 0.4) is 0 Å². The number of aromatic nitrogens is 2. The zero-order valence-electron chi connectivity index (χ0n) is 16.2. The molecule has 1 aliphatic rings. The van der Waals surface area contributed by atoms with Crippen LogP contribution in [0.1, 0.15) is 21.7 Å². The van der Waals surface area contributed by atoms with Crippen molar-refractivity contribution in [3.8, 4) is 6.07 Å². The number of hydrogen-bond acceptors (Lipinski definition) is 7. The molecule has 1 atom stereocenters. The number of fused-ring (bicyclic) bond motifs is 1. The maximum absolute atomic E-state index is 13.3. The average Bonchev–Trinajstić information content (AvgIpc) is 3.36. The smallest absolute Gasteiger partial charge is 0.265 e. The van der Waals surface area contributed by atoms with Crippen LogP contribution >= 0.6 is 11.8 Å². The van der Waals surface area contributed by atoms with E-state index in [1.165, 1.54) is 27.6 Å². The zero-order chi connectivity index (χ0) is 21.4. The Morgan fingerprint density at radius 1 is 1.33 bits per heavy atom. The van der Waals surface area contributed by atoms with Gasteiger partial charge in [-0.15, -0.1) is 11.8 Å². The van der Waals surface area contributed by atoms with Crippen LogP contribution in [0.5, 0.6) is 0 Å². The van der Waals surface area contributed by atoms with Crippen molar-refractivity contribution in [3.63, 3.8) is 0 Å². The number of carbonyl (C=O) groups is 2. The molecule has 30 heavy (non-hydrogen) atoms. The normalized spacial score (nSPS) is 15.9. The minimum Gasteiger partial charge on any atom is -0.442 e. The minimum atomic E-state index is -0.706. The summed E-state index contributed by atoms with van der Waals surface area (Å²) in [7, 11) is 1.55. The van der Waals surface area contributed by atoms with Gasteiger partial charge in [-0.1, -0.05) is 0 Å². The Labute approximate surface area is 175 Å². The first-order valence-corrected chi connectivity index (χ1v) is 10.2. The van der Waals surface area contributed by atoms with E-state index in [9.17, 15) is 14.4 Å². The molecular weight excluding hydrogens is 406 g/mol. The molecule has 0 radical (unpaired) electrons. The molecule has 1 fully saturated rings. The van der Waals surface area contributed by atoms with Crippen LogP contribution in [0.2, 0.25) is 0 Å². The quantitative estimate of drug-likeness (QED) is 0.682. The average molecular weight is 423 g/mol. The van der Waals surface area contributed by atoms with Gasteiger partial charge in [0.1, 0.15) is 23.5 Å². The van der Waals surface area contributed by atoms with E-state index in [1.807, 2.05) is 6.07 Å². The van der Waals surface area contributed by atoms with Gasteiger partial charge in [-0.05, 0) is 31.2 Å². The number of nitrogens with zero attached hydrogens (tertiary/aromatic N) is 4. The first-order chi connectivity index (χ1) is 14.4. The lowest BCUT2D eigenvalue weighted by Crippen LogP contribution is -2.44. The standard InChI is InChI=1S/C20H17N5O4S/c1-11-15(16-18(29-11)22-9-24(2)19(16)27)20(28)25-10-30-8-14(25)17(26)23-13-5-3-12(7-21)4-6-13/h3-6,9,14H,8,10H2,1-2H3,(H,23,26). The highest BCUT2D eigenvalue weighted by Crippen LogP contribution is 2.28. The van der Waals surface area contributed by atoms with Crippen molar-refractivity contribution in [1.82, 2.24) is 14.5 Å². The molecule has 2 amide bonds. The van der Waals surface area contributed by atoms with Crippen molar-refractivity contribution in [2.75, 3.05) is 16.9 Å². The van der Waals surface area contributed by atoms with Crippen molar-refractivity contribution < 1.29 is 14.0 Å². The first-order valence-electron chi connectivity index (χ1n) is 9.05. The Hall–Kier alpha value is -3.58. The molecule has 1 aliphatic heterocycles. The van der Waals surface area contributed by atoms with Gasteiger partial charge in [0.25, 0.3) is 11.5 Å². The summed E-state index contributed by atoms with van der Waals surface area (Å²) >= 11 is 1.45. The summed E-state index contributed by atoms with van der Waals surface area (Å²) in [5.74, 6) is 0.250. The summed E-state index contributed by atoms with van der Waals surface area (Å²) in [4.78, 5) is 44.2. The molecule has 1 N–H and O–H groups in total. The third-order valence-corrected chi connectivity index (χ3v) is 5.90. The molecule has 0 aliphatic carbocycles. The molecule has 2 aromatic heterocycles. The Bertz CT molecular complexity index is 1260. The number of nitriles is 1. The Kier molecular flexibility index (Phi) is 5.05. The summed E-state index contributed by atoms with van der Waals surface area (Å²) in [6.07, 6.45) is 1.33. The van der Waals surface area contributed by atoms with E-state index in [2.05, 4.69) is 10.3 Å². The number of carbonyl (C=O) groups excluding carboxylic acids is 2. The van der Waals surface area contributed by atoms with Gasteiger partial charge < -0.3 is 19.2 Å². The summed E-state index contributed by atoms with van der Waals surface area (Å²) in [5, 5.41) is 11.8. The van der Waals surface area contributed by atoms with E-state index in [4.69, 9.17) is 9.68 Å². The van der Waals surface area contributed by atoms with Crippen molar-refractivity contribution in [1.29, 1.82) is 5.26 Å². The number of furan rings is 1. The molecule has 0 saturated carbocycles. The number of aryl methyl sites for hydroxylation is 2. The molecule has 1 saturated heterocycles. The lowest BCUT2D eigenvalue weighted by atomic mass is 10.1. The Morgan fingerprint density at radius 3 is 2.77 bits per heavy atom. The monoisotopic (exact) mass is 423 g/mol. The molecule has 1 unspecified atom stereocenters. The lowest BCUT2D eigenvalue weighted by molar-refractivity contribution is -0.119. The minimum absolute atomic E-state index is 0.101. The maximum atomic E-state index is 13.3. The van der Waals surface area contributed by atoms with Crippen LogP contribution in [0.15, 0.2) is 39.8 Å². The molecule has 9 nitrogen and oxygen atoms in total. The van der Waals surface area contributed by atoms with Gasteiger partial charge in [-0.25, -0.2) is 4.98 Å². The summed E-state index contributed by atoms with van der Waals surface area (Å²) < 4.78 is 6.80. The number of benzene rings is 1. The van der Waals surface area contributed by atoms with Crippen LogP contribution < -0.4 is 10.9 Å². The van der Waals surface area contributed by atoms with Crippen LogP contribution in [0.4, 0.5) is 5.69 Å². The highest BCUT2D eigenvalue weighted by molar-refractivity contribution is 7.99. The summed E-state index contributed by atoms with van der Waals surface area (Å²) in [6.45, 7) is 1.60. The van der Waals surface area contributed by atoms with E-state index >= 15 is 0 Å². The van der Waals surface area contributed by atoms with Crippen LogP contribution in [-0.4, -0.2) is 43.9 Å². The van der Waals surface area contributed by atoms with Crippen LogP contribution in [0, 0.1) is 18.3 Å². The third kappa shape index (κ3) is 3.33. The Morgan fingerprint density at radius 2 is 2.07 bits per heavy atom. The topological polar surface area (TPSA) is 121 Å². The molecule has 10 heteroatoms.